The van der Waals surface area contributed by atoms with E-state index < -0.39 is 10.0 Å². The van der Waals surface area contributed by atoms with Crippen LogP contribution in [0.1, 0.15) is 22.3 Å². The van der Waals surface area contributed by atoms with Gasteiger partial charge < -0.3 is 18.9 Å². The first-order chi connectivity index (χ1) is 15.8. The van der Waals surface area contributed by atoms with Crippen LogP contribution in [0, 0.1) is 6.92 Å². The van der Waals surface area contributed by atoms with Crippen molar-refractivity contribution >= 4 is 33.0 Å². The van der Waals surface area contributed by atoms with Gasteiger partial charge in [0.2, 0.25) is 0 Å². The Morgan fingerprint density at radius 3 is 2.73 bits per heavy atom. The van der Waals surface area contributed by atoms with E-state index in [1.807, 2.05) is 6.92 Å². The molecule has 1 aromatic carbocycles. The van der Waals surface area contributed by atoms with Gasteiger partial charge in [0.1, 0.15) is 20.5 Å². The van der Waals surface area contributed by atoms with Gasteiger partial charge in [-0.05, 0) is 32.0 Å². The van der Waals surface area contributed by atoms with Gasteiger partial charge in [0.05, 0.1) is 36.9 Å². The number of ether oxygens (including phenoxy) is 2. The molecule has 3 aromatic rings. The Labute approximate surface area is 197 Å². The molecule has 2 aromatic heterocycles. The van der Waals surface area contributed by atoms with Gasteiger partial charge in [-0.25, -0.2) is 13.4 Å². The van der Waals surface area contributed by atoms with E-state index in [9.17, 15) is 13.2 Å². The van der Waals surface area contributed by atoms with E-state index in [2.05, 4.69) is 9.71 Å². The third-order valence-corrected chi connectivity index (χ3v) is 7.73. The molecule has 33 heavy (non-hydrogen) atoms. The summed E-state index contributed by atoms with van der Waals surface area (Å²) in [6.07, 6.45) is 1.53. The maximum atomic E-state index is 13.1. The van der Waals surface area contributed by atoms with Gasteiger partial charge in [0.15, 0.2) is 0 Å². The molecule has 3 heterocycles. The number of thiazole rings is 1. The van der Waals surface area contributed by atoms with E-state index in [-0.39, 0.29) is 10.8 Å². The molecule has 0 spiro atoms. The Morgan fingerprint density at radius 2 is 2.00 bits per heavy atom. The van der Waals surface area contributed by atoms with Crippen LogP contribution in [-0.2, 0) is 21.8 Å². The van der Waals surface area contributed by atoms with E-state index in [0.717, 1.165) is 0 Å². The van der Waals surface area contributed by atoms with Gasteiger partial charge in [-0.15, -0.1) is 11.3 Å². The largest absolute Gasteiger partial charge is 0.492 e. The molecular weight excluding hydrogens is 464 g/mol. The van der Waals surface area contributed by atoms with E-state index >= 15 is 0 Å². The maximum Gasteiger partial charge on any atom is 0.266 e. The summed E-state index contributed by atoms with van der Waals surface area (Å²) in [7, 11) is -2.11. The van der Waals surface area contributed by atoms with Crippen molar-refractivity contribution in [1.82, 2.24) is 14.5 Å². The first kappa shape index (κ1) is 23.3. The molecule has 0 bridgehead atoms. The average molecular weight is 491 g/mol. The second-order valence-corrected chi connectivity index (χ2v) is 10.2. The van der Waals surface area contributed by atoms with Crippen molar-refractivity contribution in [3.8, 4) is 16.5 Å². The average Bonchev–Trinajstić information content (AvgIpc) is 3.38. The van der Waals surface area contributed by atoms with Crippen LogP contribution in [0.2, 0.25) is 0 Å². The molecule has 11 heteroatoms. The molecule has 0 atom stereocenters. The van der Waals surface area contributed by atoms with Gasteiger partial charge in [0.25, 0.3) is 15.9 Å². The van der Waals surface area contributed by atoms with Crippen molar-refractivity contribution in [3.05, 3.63) is 47.1 Å². The first-order valence-corrected chi connectivity index (χ1v) is 12.9. The van der Waals surface area contributed by atoms with Gasteiger partial charge in [0, 0.05) is 26.3 Å². The summed E-state index contributed by atoms with van der Waals surface area (Å²) in [6.45, 7) is 6.19. The summed E-state index contributed by atoms with van der Waals surface area (Å²) in [6, 6.07) is 8.45. The third kappa shape index (κ3) is 4.90. The minimum absolute atomic E-state index is 0.0733. The van der Waals surface area contributed by atoms with E-state index in [4.69, 9.17) is 9.47 Å². The van der Waals surface area contributed by atoms with E-state index in [1.165, 1.54) is 17.5 Å². The van der Waals surface area contributed by atoms with Crippen LogP contribution in [-0.4, -0.2) is 61.7 Å². The van der Waals surface area contributed by atoms with E-state index in [0.29, 0.717) is 65.6 Å². The molecule has 0 unspecified atom stereocenters. The minimum Gasteiger partial charge on any atom is -0.492 e. The molecule has 0 radical (unpaired) electrons. The number of hydrogen-bond acceptors (Lipinski definition) is 7. The fourth-order valence-electron chi connectivity index (χ4n) is 3.54. The Bertz CT molecular complexity index is 1260. The molecule has 176 valence electrons. The Balaban J connectivity index is 1.61. The number of nitrogens with one attached hydrogen (secondary N) is 1. The lowest BCUT2D eigenvalue weighted by atomic mass is 10.3. The van der Waals surface area contributed by atoms with Crippen molar-refractivity contribution in [1.29, 1.82) is 0 Å². The molecule has 9 nitrogen and oxygen atoms in total. The van der Waals surface area contributed by atoms with Crippen molar-refractivity contribution < 1.29 is 22.7 Å². The molecule has 1 aliphatic heterocycles. The second-order valence-electron chi connectivity index (χ2n) is 7.54. The number of amides is 1. The quantitative estimate of drug-likeness (QED) is 0.546. The van der Waals surface area contributed by atoms with Crippen LogP contribution in [0.4, 0.5) is 5.69 Å². The van der Waals surface area contributed by atoms with Gasteiger partial charge >= 0.3 is 0 Å². The molecule has 1 aliphatic rings. The smallest absolute Gasteiger partial charge is 0.266 e. The number of aromatic nitrogens is 2. The third-order valence-electron chi connectivity index (χ3n) is 5.23. The minimum atomic E-state index is -3.86. The van der Waals surface area contributed by atoms with Crippen LogP contribution < -0.4 is 9.46 Å². The zero-order valence-electron chi connectivity index (χ0n) is 18.7. The highest BCUT2D eigenvalue weighted by Gasteiger charge is 2.26. The zero-order chi connectivity index (χ0) is 23.6. The Morgan fingerprint density at radius 1 is 1.27 bits per heavy atom. The second kappa shape index (κ2) is 9.54. The number of hydrogen-bond donors (Lipinski definition) is 1. The molecule has 1 fully saturated rings. The summed E-state index contributed by atoms with van der Waals surface area (Å²) in [5.74, 6) is 0.386. The Kier molecular flexibility index (Phi) is 6.73. The fourth-order valence-corrected chi connectivity index (χ4v) is 5.78. The number of carbonyl (C=O) groups excluding carboxylic acids is 1. The topological polar surface area (TPSA) is 103 Å². The summed E-state index contributed by atoms with van der Waals surface area (Å²) < 4.78 is 41.3. The van der Waals surface area contributed by atoms with Crippen LogP contribution >= 0.6 is 11.3 Å². The maximum absolute atomic E-state index is 13.1. The van der Waals surface area contributed by atoms with Crippen molar-refractivity contribution in [3.63, 3.8) is 0 Å². The number of rotatable bonds is 7. The lowest BCUT2D eigenvalue weighted by Crippen LogP contribution is -2.40. The van der Waals surface area contributed by atoms with Crippen molar-refractivity contribution in [2.75, 3.05) is 37.6 Å². The molecule has 1 N–H and O–H groups in total. The number of para-hydroxylation sites is 2. The SMILES string of the molecule is CCOc1ccccc1NS(=O)(=O)c1cc(-c2nc(C)c(C(=O)N3CCOCC3)s2)n(C)c1. The normalized spacial score (nSPS) is 14.3. The zero-order valence-corrected chi connectivity index (χ0v) is 20.3. The number of aryl methyl sites for hydroxylation is 2. The molecule has 1 saturated heterocycles. The highest BCUT2D eigenvalue weighted by Crippen LogP contribution is 2.32. The van der Waals surface area contributed by atoms with Crippen LogP contribution in [0.3, 0.4) is 0 Å². The summed E-state index contributed by atoms with van der Waals surface area (Å²) in [5.41, 5.74) is 1.61. The standard InChI is InChI=1S/C22H26N4O5S2/c1-4-31-19-8-6-5-7-17(19)24-33(28,29)16-13-18(25(3)14-16)21-23-15(2)20(32-21)22(27)26-9-11-30-12-10-26/h5-8,13-14,24H,4,9-12H2,1-3H3. The lowest BCUT2D eigenvalue weighted by molar-refractivity contribution is 0.0305. The van der Waals surface area contributed by atoms with Crippen LogP contribution in [0.15, 0.2) is 41.4 Å². The number of sulfonamides is 1. The fraction of sp³-hybridized carbons (Fsp3) is 0.364. The number of morpholine rings is 1. The predicted octanol–water partition coefficient (Wildman–Crippen LogP) is 3.13. The number of carbonyl (C=O) groups is 1. The van der Waals surface area contributed by atoms with Crippen molar-refractivity contribution in [2.45, 2.75) is 18.7 Å². The monoisotopic (exact) mass is 490 g/mol. The van der Waals surface area contributed by atoms with Gasteiger partial charge in [-0.1, -0.05) is 12.1 Å². The predicted molar refractivity (Wildman–Crippen MR) is 126 cm³/mol. The van der Waals surface area contributed by atoms with Crippen molar-refractivity contribution in [2.24, 2.45) is 7.05 Å². The first-order valence-electron chi connectivity index (χ1n) is 10.6. The molecule has 0 aliphatic carbocycles. The number of nitrogens with zero attached hydrogens (tertiary/aromatic N) is 3. The molecular formula is C22H26N4O5S2. The lowest BCUT2D eigenvalue weighted by Gasteiger charge is -2.26. The summed E-state index contributed by atoms with van der Waals surface area (Å²) in [4.78, 5) is 19.9. The van der Waals surface area contributed by atoms with E-state index in [1.54, 1.807) is 53.8 Å². The molecule has 4 rings (SSSR count). The number of benzene rings is 1. The number of anilines is 1. The summed E-state index contributed by atoms with van der Waals surface area (Å²) in [5, 5.41) is 0.586. The summed E-state index contributed by atoms with van der Waals surface area (Å²) >= 11 is 1.27. The van der Waals surface area contributed by atoms with Gasteiger partial charge in [-0.2, -0.15) is 0 Å². The van der Waals surface area contributed by atoms with Gasteiger partial charge in [-0.3, -0.25) is 9.52 Å². The highest BCUT2D eigenvalue weighted by molar-refractivity contribution is 7.92. The van der Waals surface area contributed by atoms with Crippen LogP contribution in [0.5, 0.6) is 5.75 Å². The van der Waals surface area contributed by atoms with Crippen LogP contribution in [0.25, 0.3) is 10.7 Å². The Hall–Kier alpha value is -2.89. The molecule has 0 saturated carbocycles. The molecule has 1 amide bonds. The highest BCUT2D eigenvalue weighted by atomic mass is 32.2.